The molecule has 2 aromatic carbocycles. The van der Waals surface area contributed by atoms with E-state index in [9.17, 15) is 18.0 Å². The Hall–Kier alpha value is -3.60. The first kappa shape index (κ1) is 25.7. The Morgan fingerprint density at radius 2 is 1.79 bits per heavy atom. The number of pyridine rings is 1. The molecule has 0 aliphatic carbocycles. The van der Waals surface area contributed by atoms with Gasteiger partial charge in [0.15, 0.2) is 9.84 Å². The molecular weight excluding hydrogens is 540 g/mol. The van der Waals surface area contributed by atoms with Crippen molar-refractivity contribution in [3.63, 3.8) is 0 Å². The summed E-state index contributed by atoms with van der Waals surface area (Å²) < 4.78 is 31.2. The van der Waals surface area contributed by atoms with Gasteiger partial charge in [0.25, 0.3) is 11.5 Å². The Bertz CT molecular complexity index is 1790. The summed E-state index contributed by atoms with van der Waals surface area (Å²) in [5.41, 5.74) is 5.02. The summed E-state index contributed by atoms with van der Waals surface area (Å²) in [5, 5.41) is 1.26. The van der Waals surface area contributed by atoms with E-state index < -0.39 is 9.84 Å². The van der Waals surface area contributed by atoms with Crippen molar-refractivity contribution < 1.29 is 17.9 Å². The molecule has 0 unspecified atom stereocenters. The van der Waals surface area contributed by atoms with Crippen LogP contribution in [0.15, 0.2) is 53.5 Å². The van der Waals surface area contributed by atoms with Crippen molar-refractivity contribution in [2.75, 3.05) is 37.5 Å². The number of aryl methyl sites for hydroxylation is 1. The summed E-state index contributed by atoms with van der Waals surface area (Å²) >= 11 is 6.20. The van der Waals surface area contributed by atoms with Crippen LogP contribution < -0.4 is 10.5 Å². The molecule has 0 atom stereocenters. The van der Waals surface area contributed by atoms with Crippen LogP contribution in [0.2, 0.25) is 5.02 Å². The highest BCUT2D eigenvalue weighted by atomic mass is 35.5. The van der Waals surface area contributed by atoms with Gasteiger partial charge in [0.05, 0.1) is 25.5 Å². The molecule has 2 aliphatic heterocycles. The first-order chi connectivity index (χ1) is 18.6. The second-order valence-corrected chi connectivity index (χ2v) is 12.7. The molecule has 39 heavy (non-hydrogen) atoms. The fraction of sp³-hybridized carbons (Fsp3) is 0.286. The van der Waals surface area contributed by atoms with Crippen molar-refractivity contribution in [2.24, 2.45) is 7.05 Å². The van der Waals surface area contributed by atoms with Crippen LogP contribution in [0.5, 0.6) is 0 Å². The third kappa shape index (κ3) is 4.62. The first-order valence-electron chi connectivity index (χ1n) is 12.6. The number of hydrogen-bond donors (Lipinski definition) is 1. The Morgan fingerprint density at radius 3 is 2.49 bits per heavy atom. The number of nitrogens with zero attached hydrogens (tertiary/aromatic N) is 3. The molecule has 9 nitrogen and oxygen atoms in total. The highest BCUT2D eigenvalue weighted by Crippen LogP contribution is 2.45. The molecule has 4 aromatic rings. The minimum Gasteiger partial charge on any atom is -0.378 e. The lowest BCUT2D eigenvalue weighted by Crippen LogP contribution is -2.41. The summed E-state index contributed by atoms with van der Waals surface area (Å²) in [6, 6.07) is 13.0. The molecule has 1 saturated heterocycles. The second kappa shape index (κ2) is 9.55. The van der Waals surface area contributed by atoms with Crippen molar-refractivity contribution in [1.29, 1.82) is 0 Å². The van der Waals surface area contributed by atoms with Gasteiger partial charge >= 0.3 is 0 Å². The first-order valence-corrected chi connectivity index (χ1v) is 15.0. The number of aromatic nitrogens is 2. The van der Waals surface area contributed by atoms with E-state index in [-0.39, 0.29) is 17.2 Å². The zero-order valence-electron chi connectivity index (χ0n) is 21.5. The lowest BCUT2D eigenvalue weighted by molar-refractivity contribution is 0.0299. The summed E-state index contributed by atoms with van der Waals surface area (Å²) in [6.45, 7) is 2.16. The Kier molecular flexibility index (Phi) is 6.28. The quantitative estimate of drug-likeness (QED) is 0.402. The number of rotatable bonds is 4. The molecule has 202 valence electrons. The van der Waals surface area contributed by atoms with Crippen molar-refractivity contribution in [1.82, 2.24) is 14.5 Å². The van der Waals surface area contributed by atoms with Gasteiger partial charge in [-0.05, 0) is 42.0 Å². The van der Waals surface area contributed by atoms with Gasteiger partial charge in [-0.1, -0.05) is 17.7 Å². The molecule has 1 amide bonds. The summed E-state index contributed by atoms with van der Waals surface area (Å²) in [4.78, 5) is 34.1. The molecule has 6 rings (SSSR count). The molecule has 1 N–H and O–H groups in total. The predicted octanol–water partition coefficient (Wildman–Crippen LogP) is 3.86. The molecule has 2 aliphatic rings. The minimum absolute atomic E-state index is 0.114. The number of nitrogens with one attached hydrogen (secondary N) is 1. The van der Waals surface area contributed by atoms with Crippen LogP contribution in [-0.2, 0) is 33.9 Å². The van der Waals surface area contributed by atoms with Crippen LogP contribution in [0.3, 0.4) is 0 Å². The number of hydrogen-bond acceptors (Lipinski definition) is 6. The number of fused-ring (bicyclic) bond motifs is 2. The molecule has 1 fully saturated rings. The average molecular weight is 567 g/mol. The van der Waals surface area contributed by atoms with Crippen LogP contribution in [0, 0.1) is 0 Å². The van der Waals surface area contributed by atoms with E-state index in [1.807, 2.05) is 30.3 Å². The van der Waals surface area contributed by atoms with Gasteiger partial charge in [0.1, 0.15) is 11.2 Å². The Morgan fingerprint density at radius 1 is 1.08 bits per heavy atom. The normalized spacial score (nSPS) is 15.4. The number of anilines is 2. The largest absolute Gasteiger partial charge is 0.378 e. The lowest BCUT2D eigenvalue weighted by Gasteiger charge is -2.28. The maximum absolute atomic E-state index is 13.8. The molecular formula is C28H27ClN4O5S. The van der Waals surface area contributed by atoms with Crippen LogP contribution in [0.25, 0.3) is 22.0 Å². The SMILES string of the molecule is Cn1cc2c3c(c(C(=O)N4CCOCC4)[nH]c3c1=O)CN(c1ccc(Cl)cc1)c1ccc(CS(C)(=O)=O)cc1-2. The highest BCUT2D eigenvalue weighted by molar-refractivity contribution is 7.89. The fourth-order valence-corrected chi connectivity index (χ4v) is 6.39. The maximum Gasteiger partial charge on any atom is 0.274 e. The Labute approximate surface area is 230 Å². The van der Waals surface area contributed by atoms with Crippen LogP contribution in [-0.4, -0.2) is 61.3 Å². The minimum atomic E-state index is -3.28. The predicted molar refractivity (Wildman–Crippen MR) is 152 cm³/mol. The standard InChI is InChI=1S/C28H27ClN4O5S/c1-31-14-21-20-13-17(16-39(2,36)37)3-8-23(20)33(19-6-4-18(29)5-7-19)15-22-24(21)26(27(31)34)30-25(22)28(35)32-9-11-38-12-10-32/h3-8,13-14,30H,9-12,15-16H2,1-2H3. The topological polar surface area (TPSA) is 105 Å². The van der Waals surface area contributed by atoms with E-state index >= 15 is 0 Å². The molecule has 0 saturated carbocycles. The molecule has 2 aromatic heterocycles. The van der Waals surface area contributed by atoms with E-state index in [0.717, 1.165) is 22.5 Å². The van der Waals surface area contributed by atoms with E-state index in [0.29, 0.717) is 65.6 Å². The van der Waals surface area contributed by atoms with E-state index in [1.54, 1.807) is 30.3 Å². The van der Waals surface area contributed by atoms with Gasteiger partial charge in [0, 0.05) is 71.1 Å². The second-order valence-electron chi connectivity index (χ2n) is 10.1. The van der Waals surface area contributed by atoms with Crippen molar-refractivity contribution in [3.8, 4) is 11.1 Å². The highest BCUT2D eigenvalue weighted by Gasteiger charge is 2.32. The number of amides is 1. The third-order valence-electron chi connectivity index (χ3n) is 7.27. The number of morpholine rings is 1. The molecule has 4 heterocycles. The third-order valence-corrected chi connectivity index (χ3v) is 8.38. The monoisotopic (exact) mass is 566 g/mol. The van der Waals surface area contributed by atoms with Crippen LogP contribution in [0.1, 0.15) is 21.6 Å². The number of ether oxygens (including phenoxy) is 1. The zero-order chi connectivity index (χ0) is 27.5. The van der Waals surface area contributed by atoms with Gasteiger partial charge < -0.3 is 24.1 Å². The van der Waals surface area contributed by atoms with Crippen molar-refractivity contribution in [3.05, 3.63) is 80.9 Å². The van der Waals surface area contributed by atoms with E-state index in [4.69, 9.17) is 16.3 Å². The van der Waals surface area contributed by atoms with Gasteiger partial charge in [-0.2, -0.15) is 0 Å². The van der Waals surface area contributed by atoms with Crippen LogP contribution >= 0.6 is 11.6 Å². The van der Waals surface area contributed by atoms with Crippen molar-refractivity contribution in [2.45, 2.75) is 12.3 Å². The Balaban J connectivity index is 1.64. The van der Waals surface area contributed by atoms with Gasteiger partial charge in [0.2, 0.25) is 0 Å². The number of benzene rings is 2. The molecule has 0 spiro atoms. The summed E-state index contributed by atoms with van der Waals surface area (Å²) in [6.07, 6.45) is 2.97. The lowest BCUT2D eigenvalue weighted by atomic mass is 9.98. The van der Waals surface area contributed by atoms with Crippen molar-refractivity contribution >= 4 is 49.6 Å². The van der Waals surface area contributed by atoms with Gasteiger partial charge in [-0.3, -0.25) is 9.59 Å². The molecule has 0 radical (unpaired) electrons. The number of H-pyrrole nitrogens is 1. The zero-order valence-corrected chi connectivity index (χ0v) is 23.1. The fourth-order valence-electron chi connectivity index (χ4n) is 5.48. The number of carbonyl (C=O) groups excluding carboxylic acids is 1. The van der Waals surface area contributed by atoms with Gasteiger partial charge in [-0.25, -0.2) is 8.42 Å². The smallest absolute Gasteiger partial charge is 0.274 e. The number of sulfone groups is 1. The molecule has 0 bridgehead atoms. The summed E-state index contributed by atoms with van der Waals surface area (Å²) in [5.74, 6) is -0.297. The van der Waals surface area contributed by atoms with E-state index in [1.165, 1.54) is 10.8 Å². The molecule has 11 heteroatoms. The number of aromatic amines is 1. The summed E-state index contributed by atoms with van der Waals surface area (Å²) in [7, 11) is -1.61. The van der Waals surface area contributed by atoms with E-state index in [2.05, 4.69) is 9.88 Å². The average Bonchev–Trinajstić information content (AvgIpc) is 3.22. The number of carbonyl (C=O) groups is 1. The van der Waals surface area contributed by atoms with Crippen LogP contribution in [0.4, 0.5) is 11.4 Å². The maximum atomic E-state index is 13.8. The van der Waals surface area contributed by atoms with Gasteiger partial charge in [-0.15, -0.1) is 0 Å². The number of halogens is 1.